The molecule has 0 aliphatic carbocycles. The summed E-state index contributed by atoms with van der Waals surface area (Å²) in [4.78, 5) is 4.74. The van der Waals surface area contributed by atoms with Crippen molar-refractivity contribution in [3.63, 3.8) is 0 Å². The lowest BCUT2D eigenvalue weighted by molar-refractivity contribution is 0.415. The first-order valence-electron chi connectivity index (χ1n) is 9.55. The molecule has 0 aliphatic heterocycles. The number of aromatic amines is 1. The van der Waals surface area contributed by atoms with Gasteiger partial charge in [-0.3, -0.25) is 10.1 Å². The quantitative estimate of drug-likeness (QED) is 0.491. The number of pyridine rings is 1. The molecule has 2 N–H and O–H groups in total. The van der Waals surface area contributed by atoms with E-state index in [4.69, 9.17) is 4.74 Å². The Kier molecular flexibility index (Phi) is 4.69. The van der Waals surface area contributed by atoms with Crippen molar-refractivity contribution in [2.24, 2.45) is 0 Å². The van der Waals surface area contributed by atoms with Crippen LogP contribution in [0.3, 0.4) is 0 Å². The highest BCUT2D eigenvalue weighted by Gasteiger charge is 2.32. The molecule has 0 aliphatic rings. The van der Waals surface area contributed by atoms with Crippen molar-refractivity contribution in [2.45, 2.75) is 37.3 Å². The average Bonchev–Trinajstić information content (AvgIpc) is 3.08. The van der Waals surface area contributed by atoms with Gasteiger partial charge in [0.2, 0.25) is 0 Å². The zero-order valence-corrected chi connectivity index (χ0v) is 18.4. The summed E-state index contributed by atoms with van der Waals surface area (Å²) in [6.07, 6.45) is 1.69. The van der Waals surface area contributed by atoms with Gasteiger partial charge in [-0.1, -0.05) is 0 Å². The maximum absolute atomic E-state index is 13.1. The highest BCUT2D eigenvalue weighted by Crippen LogP contribution is 2.34. The fourth-order valence-electron chi connectivity index (χ4n) is 3.35. The summed E-state index contributed by atoms with van der Waals surface area (Å²) in [5.41, 5.74) is 2.98. The summed E-state index contributed by atoms with van der Waals surface area (Å²) in [5, 5.41) is 12.3. The number of hydrogen-bond donors (Lipinski definition) is 2. The molecule has 0 saturated carbocycles. The van der Waals surface area contributed by atoms with E-state index >= 15 is 0 Å². The van der Waals surface area contributed by atoms with Gasteiger partial charge in [0.15, 0.2) is 15.7 Å². The van der Waals surface area contributed by atoms with Crippen LogP contribution < -0.4 is 10.1 Å². The van der Waals surface area contributed by atoms with E-state index in [1.165, 1.54) is 0 Å². The van der Waals surface area contributed by atoms with Crippen molar-refractivity contribution in [3.05, 3.63) is 48.2 Å². The average molecular weight is 425 g/mol. The van der Waals surface area contributed by atoms with Crippen LogP contribution in [0.25, 0.3) is 21.8 Å². The SMILES string of the molecule is COc1ccc2[nH]nc(Nc3ccnc4cc(C)c(S(=O)(=O)C(C)(C)C)cc34)c2c1. The number of fused-ring (bicyclic) bond motifs is 2. The Morgan fingerprint density at radius 2 is 1.83 bits per heavy atom. The zero-order valence-electron chi connectivity index (χ0n) is 17.6. The van der Waals surface area contributed by atoms with Gasteiger partial charge in [-0.05, 0) is 69.7 Å². The van der Waals surface area contributed by atoms with Gasteiger partial charge in [0.05, 0.1) is 33.5 Å². The van der Waals surface area contributed by atoms with E-state index in [9.17, 15) is 8.42 Å². The molecule has 8 heteroatoms. The first kappa shape index (κ1) is 20.2. The molecule has 0 spiro atoms. The van der Waals surface area contributed by atoms with E-state index in [-0.39, 0.29) is 0 Å². The molecule has 7 nitrogen and oxygen atoms in total. The van der Waals surface area contributed by atoms with Gasteiger partial charge >= 0.3 is 0 Å². The fourth-order valence-corrected chi connectivity index (χ4v) is 4.76. The molecule has 4 rings (SSSR count). The Labute approximate surface area is 175 Å². The second-order valence-corrected chi connectivity index (χ2v) is 10.9. The van der Waals surface area contributed by atoms with Gasteiger partial charge in [-0.15, -0.1) is 0 Å². The lowest BCUT2D eigenvalue weighted by atomic mass is 10.1. The molecule has 0 saturated heterocycles. The Morgan fingerprint density at radius 3 is 2.53 bits per heavy atom. The number of anilines is 2. The van der Waals surface area contributed by atoms with Crippen molar-refractivity contribution < 1.29 is 13.2 Å². The molecule has 0 atom stereocenters. The summed E-state index contributed by atoms with van der Waals surface area (Å²) in [6, 6.07) is 11.0. The molecule has 0 unspecified atom stereocenters. The Morgan fingerprint density at radius 1 is 1.07 bits per heavy atom. The third kappa shape index (κ3) is 3.27. The van der Waals surface area contributed by atoms with E-state index in [2.05, 4.69) is 20.5 Å². The van der Waals surface area contributed by atoms with Crippen LogP contribution in [0.2, 0.25) is 0 Å². The van der Waals surface area contributed by atoms with Crippen molar-refractivity contribution in [1.82, 2.24) is 15.2 Å². The molecule has 0 amide bonds. The maximum atomic E-state index is 13.1. The summed E-state index contributed by atoms with van der Waals surface area (Å²) in [5.74, 6) is 1.35. The van der Waals surface area contributed by atoms with Crippen LogP contribution in [0.15, 0.2) is 47.5 Å². The Hall–Kier alpha value is -3.13. The van der Waals surface area contributed by atoms with Crippen LogP contribution in [-0.4, -0.2) is 35.5 Å². The van der Waals surface area contributed by atoms with Gasteiger partial charge in [0.25, 0.3) is 0 Å². The molecular weight excluding hydrogens is 400 g/mol. The lowest BCUT2D eigenvalue weighted by Crippen LogP contribution is -2.28. The monoisotopic (exact) mass is 424 g/mol. The van der Waals surface area contributed by atoms with Gasteiger partial charge in [0.1, 0.15) is 5.75 Å². The second-order valence-electron chi connectivity index (χ2n) is 8.22. The van der Waals surface area contributed by atoms with Crippen LogP contribution >= 0.6 is 0 Å². The van der Waals surface area contributed by atoms with Crippen LogP contribution in [0.5, 0.6) is 5.75 Å². The highest BCUT2D eigenvalue weighted by molar-refractivity contribution is 7.92. The molecule has 0 bridgehead atoms. The molecule has 4 aromatic rings. The molecule has 2 aromatic heterocycles. The molecule has 0 fully saturated rings. The smallest absolute Gasteiger partial charge is 0.183 e. The van der Waals surface area contributed by atoms with Gasteiger partial charge < -0.3 is 10.1 Å². The molecule has 156 valence electrons. The number of methoxy groups -OCH3 is 1. The van der Waals surface area contributed by atoms with Crippen LogP contribution in [0.1, 0.15) is 26.3 Å². The topological polar surface area (TPSA) is 97.0 Å². The predicted molar refractivity (Wildman–Crippen MR) is 119 cm³/mol. The molecular formula is C22H24N4O3S. The summed E-state index contributed by atoms with van der Waals surface area (Å²) in [7, 11) is -1.90. The number of nitrogens with one attached hydrogen (secondary N) is 2. The van der Waals surface area contributed by atoms with Crippen molar-refractivity contribution >= 4 is 43.1 Å². The number of rotatable bonds is 4. The minimum Gasteiger partial charge on any atom is -0.497 e. The third-order valence-electron chi connectivity index (χ3n) is 5.16. The van der Waals surface area contributed by atoms with E-state index in [0.29, 0.717) is 27.2 Å². The van der Waals surface area contributed by atoms with E-state index in [0.717, 1.165) is 22.3 Å². The standard InChI is InChI=1S/C22H24N4O3S/c1-13-10-19-15(12-20(13)30(27,28)22(2,3)4)17(8-9-23-19)24-21-16-11-14(29-5)6-7-18(16)25-26-21/h6-12H,1-5H3,(H2,23,24,25,26). The zero-order chi connectivity index (χ0) is 21.7. The Balaban J connectivity index is 1.87. The van der Waals surface area contributed by atoms with E-state index in [1.807, 2.05) is 30.3 Å². The first-order chi connectivity index (χ1) is 14.1. The lowest BCUT2D eigenvalue weighted by Gasteiger charge is -2.21. The van der Waals surface area contributed by atoms with E-state index in [1.54, 1.807) is 47.1 Å². The largest absolute Gasteiger partial charge is 0.497 e. The predicted octanol–water partition coefficient (Wildman–Crippen LogP) is 4.74. The number of nitrogens with zero attached hydrogens (tertiary/aromatic N) is 2. The maximum Gasteiger partial charge on any atom is 0.183 e. The number of hydrogen-bond acceptors (Lipinski definition) is 6. The van der Waals surface area contributed by atoms with Crippen molar-refractivity contribution in [3.8, 4) is 5.75 Å². The number of benzene rings is 2. The van der Waals surface area contributed by atoms with Crippen LogP contribution in [0, 0.1) is 6.92 Å². The molecule has 30 heavy (non-hydrogen) atoms. The minimum atomic E-state index is -3.51. The number of ether oxygens (including phenoxy) is 1. The van der Waals surface area contributed by atoms with Crippen LogP contribution in [0.4, 0.5) is 11.5 Å². The van der Waals surface area contributed by atoms with Crippen LogP contribution in [-0.2, 0) is 9.84 Å². The van der Waals surface area contributed by atoms with Crippen molar-refractivity contribution in [1.29, 1.82) is 0 Å². The second kappa shape index (κ2) is 6.98. The highest BCUT2D eigenvalue weighted by atomic mass is 32.2. The number of sulfone groups is 1. The number of H-pyrrole nitrogens is 1. The minimum absolute atomic E-state index is 0.312. The number of aromatic nitrogens is 3. The summed E-state index contributed by atoms with van der Waals surface area (Å²) in [6.45, 7) is 6.92. The first-order valence-corrected chi connectivity index (χ1v) is 11.0. The molecule has 2 aromatic carbocycles. The molecule has 2 heterocycles. The summed E-state index contributed by atoms with van der Waals surface area (Å²) < 4.78 is 30.7. The van der Waals surface area contributed by atoms with Gasteiger partial charge in [0, 0.05) is 17.0 Å². The van der Waals surface area contributed by atoms with Gasteiger partial charge in [-0.25, -0.2) is 8.42 Å². The van der Waals surface area contributed by atoms with Gasteiger partial charge in [-0.2, -0.15) is 5.10 Å². The fraction of sp³-hybridized carbons (Fsp3) is 0.273. The Bertz CT molecular complexity index is 1370. The normalized spacial score (nSPS) is 12.4. The number of aryl methyl sites for hydroxylation is 1. The van der Waals surface area contributed by atoms with E-state index < -0.39 is 14.6 Å². The third-order valence-corrected chi connectivity index (χ3v) is 7.79. The molecule has 0 radical (unpaired) electrons. The van der Waals surface area contributed by atoms with Crippen molar-refractivity contribution in [2.75, 3.05) is 12.4 Å². The summed E-state index contributed by atoms with van der Waals surface area (Å²) >= 11 is 0.